The van der Waals surface area contributed by atoms with E-state index < -0.39 is 0 Å². The maximum atomic E-state index is 12.9. The summed E-state index contributed by atoms with van der Waals surface area (Å²) >= 11 is 0. The maximum Gasteiger partial charge on any atom is 0.191 e. The van der Waals surface area contributed by atoms with Crippen LogP contribution in [0.2, 0.25) is 0 Å². The number of nitrogens with one attached hydrogen (secondary N) is 2. The highest BCUT2D eigenvalue weighted by Gasteiger charge is 2.08. The van der Waals surface area contributed by atoms with Gasteiger partial charge in [-0.3, -0.25) is 9.67 Å². The number of halogens is 2. The van der Waals surface area contributed by atoms with Crippen LogP contribution in [0.15, 0.2) is 35.3 Å². The van der Waals surface area contributed by atoms with Crippen LogP contribution in [0, 0.1) is 25.6 Å². The molecule has 1 aromatic carbocycles. The minimum absolute atomic E-state index is 0. The van der Waals surface area contributed by atoms with Gasteiger partial charge in [0.05, 0.1) is 5.69 Å². The van der Waals surface area contributed by atoms with Crippen LogP contribution in [-0.4, -0.2) is 29.3 Å². The molecule has 5 nitrogen and oxygen atoms in total. The van der Waals surface area contributed by atoms with Crippen molar-refractivity contribution >= 4 is 29.9 Å². The van der Waals surface area contributed by atoms with Crippen LogP contribution in [0.4, 0.5) is 4.39 Å². The predicted molar refractivity (Wildman–Crippen MR) is 111 cm³/mol. The standard InChI is InChI=1S/C18H26FN5.HI/c1-13(12-24-15(3)9-14(2)23-24)10-21-18(20-4)22-11-16-5-7-17(19)8-6-16;/h5-9,13H,10-12H2,1-4H3,(H2,20,21,22);1H. The molecule has 0 fully saturated rings. The van der Waals surface area contributed by atoms with E-state index in [9.17, 15) is 4.39 Å². The maximum absolute atomic E-state index is 12.9. The summed E-state index contributed by atoms with van der Waals surface area (Å²) in [5, 5.41) is 11.0. The molecular formula is C18H27FIN5. The van der Waals surface area contributed by atoms with Gasteiger partial charge in [0.2, 0.25) is 0 Å². The van der Waals surface area contributed by atoms with Gasteiger partial charge in [-0.15, -0.1) is 24.0 Å². The Morgan fingerprint density at radius 2 is 1.92 bits per heavy atom. The summed E-state index contributed by atoms with van der Waals surface area (Å²) in [6.07, 6.45) is 0. The molecule has 1 aromatic heterocycles. The Kier molecular flexibility index (Phi) is 8.88. The summed E-state index contributed by atoms with van der Waals surface area (Å²) in [6.45, 7) is 8.52. The van der Waals surface area contributed by atoms with Crippen molar-refractivity contribution in [3.63, 3.8) is 0 Å². The molecule has 0 saturated heterocycles. The van der Waals surface area contributed by atoms with Crippen LogP contribution in [0.1, 0.15) is 23.9 Å². The van der Waals surface area contributed by atoms with Crippen molar-refractivity contribution in [1.29, 1.82) is 0 Å². The van der Waals surface area contributed by atoms with Gasteiger partial charge >= 0.3 is 0 Å². The highest BCUT2D eigenvalue weighted by molar-refractivity contribution is 14.0. The first-order valence-electron chi connectivity index (χ1n) is 8.18. The summed E-state index contributed by atoms with van der Waals surface area (Å²) < 4.78 is 14.9. The van der Waals surface area contributed by atoms with Gasteiger partial charge in [0, 0.05) is 32.4 Å². The molecule has 0 aliphatic carbocycles. The molecule has 25 heavy (non-hydrogen) atoms. The molecular weight excluding hydrogens is 432 g/mol. The molecule has 0 radical (unpaired) electrons. The van der Waals surface area contributed by atoms with Gasteiger partial charge in [-0.25, -0.2) is 4.39 Å². The van der Waals surface area contributed by atoms with Gasteiger partial charge in [-0.05, 0) is 43.5 Å². The lowest BCUT2D eigenvalue weighted by Crippen LogP contribution is -2.39. The zero-order chi connectivity index (χ0) is 17.5. The van der Waals surface area contributed by atoms with Crippen LogP contribution in [-0.2, 0) is 13.1 Å². The van der Waals surface area contributed by atoms with Crippen molar-refractivity contribution in [2.24, 2.45) is 10.9 Å². The van der Waals surface area contributed by atoms with Crippen LogP contribution in [0.3, 0.4) is 0 Å². The van der Waals surface area contributed by atoms with Crippen LogP contribution in [0.5, 0.6) is 0 Å². The number of guanidine groups is 1. The van der Waals surface area contributed by atoms with Crippen molar-refractivity contribution < 1.29 is 4.39 Å². The Hall–Kier alpha value is -1.64. The van der Waals surface area contributed by atoms with E-state index in [4.69, 9.17) is 0 Å². The van der Waals surface area contributed by atoms with E-state index in [-0.39, 0.29) is 29.8 Å². The topological polar surface area (TPSA) is 54.2 Å². The van der Waals surface area contributed by atoms with Crippen molar-refractivity contribution in [3.8, 4) is 0 Å². The number of hydrogen-bond acceptors (Lipinski definition) is 2. The summed E-state index contributed by atoms with van der Waals surface area (Å²) in [5.74, 6) is 0.922. The third kappa shape index (κ3) is 7.01. The van der Waals surface area contributed by atoms with E-state index in [1.165, 1.54) is 17.8 Å². The molecule has 7 heteroatoms. The van der Waals surface area contributed by atoms with Crippen molar-refractivity contribution in [2.45, 2.75) is 33.9 Å². The first-order chi connectivity index (χ1) is 11.5. The zero-order valence-electron chi connectivity index (χ0n) is 15.2. The largest absolute Gasteiger partial charge is 0.356 e. The number of aryl methyl sites for hydroxylation is 2. The van der Waals surface area contributed by atoms with Crippen LogP contribution < -0.4 is 10.6 Å². The van der Waals surface area contributed by atoms with E-state index >= 15 is 0 Å². The SMILES string of the molecule is CN=C(NCc1ccc(F)cc1)NCC(C)Cn1nc(C)cc1C.I. The fourth-order valence-corrected chi connectivity index (χ4v) is 2.50. The Morgan fingerprint density at radius 1 is 1.24 bits per heavy atom. The summed E-state index contributed by atoms with van der Waals surface area (Å²) in [6, 6.07) is 8.54. The molecule has 2 rings (SSSR count). The highest BCUT2D eigenvalue weighted by Crippen LogP contribution is 2.06. The van der Waals surface area contributed by atoms with Crippen LogP contribution >= 0.6 is 24.0 Å². The average Bonchev–Trinajstić information content (AvgIpc) is 2.86. The lowest BCUT2D eigenvalue weighted by molar-refractivity contribution is 0.436. The first-order valence-corrected chi connectivity index (χ1v) is 8.18. The van der Waals surface area contributed by atoms with Crippen LogP contribution in [0.25, 0.3) is 0 Å². The highest BCUT2D eigenvalue weighted by atomic mass is 127. The molecule has 0 spiro atoms. The Labute approximate surface area is 166 Å². The zero-order valence-corrected chi connectivity index (χ0v) is 17.5. The van der Waals surface area contributed by atoms with Gasteiger partial charge in [0.1, 0.15) is 5.82 Å². The Balaban J connectivity index is 0.00000312. The molecule has 2 N–H and O–H groups in total. The van der Waals surface area contributed by atoms with Crippen molar-refractivity contribution in [2.75, 3.05) is 13.6 Å². The summed E-state index contributed by atoms with van der Waals surface area (Å²) in [5.41, 5.74) is 3.23. The Morgan fingerprint density at radius 3 is 2.48 bits per heavy atom. The number of aromatic nitrogens is 2. The molecule has 138 valence electrons. The third-order valence-electron chi connectivity index (χ3n) is 3.80. The molecule has 0 aliphatic rings. The van der Waals surface area contributed by atoms with Crippen molar-refractivity contribution in [3.05, 3.63) is 53.1 Å². The summed E-state index contributed by atoms with van der Waals surface area (Å²) in [4.78, 5) is 4.22. The number of rotatable bonds is 6. The van der Waals surface area contributed by atoms with Gasteiger partial charge in [-0.2, -0.15) is 5.10 Å². The Bertz CT molecular complexity index is 681. The van der Waals surface area contributed by atoms with E-state index in [0.29, 0.717) is 12.5 Å². The summed E-state index contributed by atoms with van der Waals surface area (Å²) in [7, 11) is 1.74. The lowest BCUT2D eigenvalue weighted by Gasteiger charge is -2.17. The van der Waals surface area contributed by atoms with Gasteiger partial charge < -0.3 is 10.6 Å². The number of nitrogens with zero attached hydrogens (tertiary/aromatic N) is 3. The molecule has 0 aliphatic heterocycles. The fraction of sp³-hybridized carbons (Fsp3) is 0.444. The van der Waals surface area contributed by atoms with E-state index in [1.807, 2.05) is 11.6 Å². The molecule has 1 heterocycles. The van der Waals surface area contributed by atoms with Gasteiger partial charge in [0.25, 0.3) is 0 Å². The average molecular weight is 459 g/mol. The monoisotopic (exact) mass is 459 g/mol. The van der Waals surface area contributed by atoms with E-state index in [1.54, 1.807) is 19.2 Å². The van der Waals surface area contributed by atoms with Gasteiger partial charge in [0.15, 0.2) is 5.96 Å². The smallest absolute Gasteiger partial charge is 0.191 e. The molecule has 0 saturated carbocycles. The predicted octanol–water partition coefficient (Wildman–Crippen LogP) is 3.26. The second-order valence-corrected chi connectivity index (χ2v) is 6.15. The molecule has 0 bridgehead atoms. The molecule has 2 aromatic rings. The number of benzene rings is 1. The molecule has 1 unspecified atom stereocenters. The molecule has 1 atom stereocenters. The number of aliphatic imine (C=N–C) groups is 1. The molecule has 0 amide bonds. The fourth-order valence-electron chi connectivity index (χ4n) is 2.50. The first kappa shape index (κ1) is 21.4. The third-order valence-corrected chi connectivity index (χ3v) is 3.80. The normalized spacial score (nSPS) is 12.4. The quantitative estimate of drug-likeness (QED) is 0.396. The number of hydrogen-bond donors (Lipinski definition) is 2. The van der Waals surface area contributed by atoms with E-state index in [2.05, 4.69) is 40.6 Å². The second kappa shape index (κ2) is 10.4. The lowest BCUT2D eigenvalue weighted by atomic mass is 10.2. The van der Waals surface area contributed by atoms with Gasteiger partial charge in [-0.1, -0.05) is 19.1 Å². The van der Waals surface area contributed by atoms with Crippen molar-refractivity contribution in [1.82, 2.24) is 20.4 Å². The van der Waals surface area contributed by atoms with E-state index in [0.717, 1.165) is 30.3 Å². The second-order valence-electron chi connectivity index (χ2n) is 6.15. The minimum Gasteiger partial charge on any atom is -0.356 e. The minimum atomic E-state index is -0.223.